The first-order valence-electron chi connectivity index (χ1n) is 10.9. The molecule has 33 heavy (non-hydrogen) atoms. The lowest BCUT2D eigenvalue weighted by molar-refractivity contribution is -0.131. The summed E-state index contributed by atoms with van der Waals surface area (Å²) in [6.45, 7) is 7.29. The van der Waals surface area contributed by atoms with E-state index in [4.69, 9.17) is 23.2 Å². The van der Waals surface area contributed by atoms with E-state index in [0.717, 1.165) is 25.9 Å². The van der Waals surface area contributed by atoms with Crippen molar-refractivity contribution in [2.45, 2.75) is 46.1 Å². The predicted octanol–water partition coefficient (Wildman–Crippen LogP) is 4.74. The van der Waals surface area contributed by atoms with Crippen LogP contribution < -0.4 is 5.32 Å². The fourth-order valence-corrected chi connectivity index (χ4v) is 4.59. The van der Waals surface area contributed by atoms with E-state index in [9.17, 15) is 14.4 Å². The first-order valence-corrected chi connectivity index (χ1v) is 12.6. The summed E-state index contributed by atoms with van der Waals surface area (Å²) in [6, 6.07) is 4.41. The van der Waals surface area contributed by atoms with Crippen LogP contribution in [0, 0.1) is 5.92 Å². The van der Waals surface area contributed by atoms with Crippen LogP contribution in [0.1, 0.15) is 49.7 Å². The third kappa shape index (κ3) is 6.91. The Balaban J connectivity index is 1.57. The monoisotopic (exact) mass is 510 g/mol. The first kappa shape index (κ1) is 25.5. The molecule has 1 aliphatic heterocycles. The minimum atomic E-state index is -0.366. The number of benzene rings is 1. The van der Waals surface area contributed by atoms with Gasteiger partial charge in [-0.25, -0.2) is 4.98 Å². The number of halogens is 2. The van der Waals surface area contributed by atoms with Crippen LogP contribution in [0.25, 0.3) is 0 Å². The lowest BCUT2D eigenvalue weighted by atomic mass is 9.99. The highest BCUT2D eigenvalue weighted by Gasteiger charge is 2.24. The van der Waals surface area contributed by atoms with Crippen LogP contribution in [0.3, 0.4) is 0 Å². The normalized spacial score (nSPS) is 14.4. The molecule has 2 heterocycles. The molecule has 1 saturated heterocycles. The number of piperidine rings is 1. The molecule has 10 heteroatoms. The van der Waals surface area contributed by atoms with Gasteiger partial charge in [-0.05, 0) is 50.8 Å². The van der Waals surface area contributed by atoms with Gasteiger partial charge in [0.2, 0.25) is 11.8 Å². The predicted molar refractivity (Wildman–Crippen MR) is 132 cm³/mol. The van der Waals surface area contributed by atoms with Crippen molar-refractivity contribution in [2.75, 3.05) is 25.0 Å². The first-order chi connectivity index (χ1) is 15.6. The van der Waals surface area contributed by atoms with Crippen molar-refractivity contribution < 1.29 is 14.4 Å². The van der Waals surface area contributed by atoms with Crippen molar-refractivity contribution in [3.8, 4) is 0 Å². The van der Waals surface area contributed by atoms with Crippen LogP contribution in [-0.4, -0.2) is 58.2 Å². The van der Waals surface area contributed by atoms with E-state index in [1.54, 1.807) is 17.5 Å². The summed E-state index contributed by atoms with van der Waals surface area (Å²) in [5, 5.41) is 5.55. The van der Waals surface area contributed by atoms with E-state index in [1.165, 1.54) is 22.3 Å². The second-order valence-electron chi connectivity index (χ2n) is 8.59. The van der Waals surface area contributed by atoms with Gasteiger partial charge in [-0.2, -0.15) is 0 Å². The summed E-state index contributed by atoms with van der Waals surface area (Å²) in [5.74, 6) is 0.0294. The SMILES string of the molecule is CC1CCN(C(=O)Cc2csc(NC(=O)CN(C(=O)c3ccc(Cl)c(Cl)c3)C(C)C)n2)CC1. The Kier molecular flexibility index (Phi) is 8.73. The van der Waals surface area contributed by atoms with Crippen LogP contribution in [0.5, 0.6) is 0 Å². The summed E-state index contributed by atoms with van der Waals surface area (Å²) in [4.78, 5) is 45.8. The van der Waals surface area contributed by atoms with Crippen molar-refractivity contribution in [2.24, 2.45) is 5.92 Å². The number of amides is 3. The molecule has 0 atom stereocenters. The van der Waals surface area contributed by atoms with Gasteiger partial charge in [-0.15, -0.1) is 11.3 Å². The average molecular weight is 511 g/mol. The van der Waals surface area contributed by atoms with E-state index < -0.39 is 0 Å². The van der Waals surface area contributed by atoms with Crippen molar-refractivity contribution >= 4 is 57.4 Å². The minimum Gasteiger partial charge on any atom is -0.342 e. The number of hydrogen-bond acceptors (Lipinski definition) is 5. The zero-order valence-electron chi connectivity index (χ0n) is 18.9. The number of nitrogens with one attached hydrogen (secondary N) is 1. The molecule has 0 radical (unpaired) electrons. The maximum atomic E-state index is 12.9. The summed E-state index contributed by atoms with van der Waals surface area (Å²) >= 11 is 13.2. The van der Waals surface area contributed by atoms with Crippen molar-refractivity contribution in [1.82, 2.24) is 14.8 Å². The maximum absolute atomic E-state index is 12.9. The zero-order valence-corrected chi connectivity index (χ0v) is 21.3. The second-order valence-corrected chi connectivity index (χ2v) is 10.3. The Morgan fingerprint density at radius 1 is 1.21 bits per heavy atom. The van der Waals surface area contributed by atoms with Gasteiger partial charge in [-0.1, -0.05) is 30.1 Å². The molecule has 178 valence electrons. The maximum Gasteiger partial charge on any atom is 0.254 e. The standard InChI is InChI=1S/C23H28Cl2N4O3S/c1-14(2)29(22(32)16-4-5-18(24)19(25)10-16)12-20(30)27-23-26-17(13-33-23)11-21(31)28-8-6-15(3)7-9-28/h4-5,10,13-15H,6-9,11-12H2,1-3H3,(H,26,27,30). The van der Waals surface area contributed by atoms with Gasteiger partial charge in [0.15, 0.2) is 5.13 Å². The van der Waals surface area contributed by atoms with Gasteiger partial charge in [0, 0.05) is 30.1 Å². The smallest absolute Gasteiger partial charge is 0.254 e. The Morgan fingerprint density at radius 2 is 1.91 bits per heavy atom. The molecule has 3 rings (SSSR count). The van der Waals surface area contributed by atoms with Gasteiger partial charge in [-0.3, -0.25) is 14.4 Å². The molecule has 0 bridgehead atoms. The number of thiazole rings is 1. The second kappa shape index (κ2) is 11.3. The fraction of sp³-hybridized carbons (Fsp3) is 0.478. The molecule has 1 aliphatic rings. The summed E-state index contributed by atoms with van der Waals surface area (Å²) in [7, 11) is 0. The number of nitrogens with zero attached hydrogens (tertiary/aromatic N) is 3. The van der Waals surface area contributed by atoms with E-state index in [-0.39, 0.29) is 41.8 Å². The highest BCUT2D eigenvalue weighted by atomic mass is 35.5. The lowest BCUT2D eigenvalue weighted by Gasteiger charge is -2.30. The van der Waals surface area contributed by atoms with Gasteiger partial charge < -0.3 is 15.1 Å². The Morgan fingerprint density at radius 3 is 2.55 bits per heavy atom. The Labute approximate surface area is 208 Å². The molecule has 0 spiro atoms. The van der Waals surface area contributed by atoms with Crippen molar-refractivity contribution in [3.63, 3.8) is 0 Å². The van der Waals surface area contributed by atoms with Crippen LogP contribution in [-0.2, 0) is 16.0 Å². The van der Waals surface area contributed by atoms with Crippen LogP contribution in [0.2, 0.25) is 10.0 Å². The average Bonchev–Trinajstić information content (AvgIpc) is 3.20. The molecular formula is C23H28Cl2N4O3S. The van der Waals surface area contributed by atoms with Crippen molar-refractivity contribution in [1.29, 1.82) is 0 Å². The zero-order chi connectivity index (χ0) is 24.1. The van der Waals surface area contributed by atoms with Gasteiger partial charge >= 0.3 is 0 Å². The topological polar surface area (TPSA) is 82.6 Å². The van der Waals surface area contributed by atoms with Crippen LogP contribution in [0.15, 0.2) is 23.6 Å². The number of carbonyl (C=O) groups excluding carboxylic acids is 3. The Hall–Kier alpha value is -2.16. The van der Waals surface area contributed by atoms with Gasteiger partial charge in [0.1, 0.15) is 6.54 Å². The molecule has 0 unspecified atom stereocenters. The van der Waals surface area contributed by atoms with Crippen LogP contribution >= 0.6 is 34.5 Å². The molecule has 0 aliphatic carbocycles. The van der Waals surface area contributed by atoms with E-state index in [0.29, 0.717) is 27.3 Å². The quantitative estimate of drug-likeness (QED) is 0.582. The largest absolute Gasteiger partial charge is 0.342 e. The van der Waals surface area contributed by atoms with Gasteiger partial charge in [0.05, 0.1) is 22.2 Å². The summed E-state index contributed by atoms with van der Waals surface area (Å²) < 4.78 is 0. The highest BCUT2D eigenvalue weighted by Crippen LogP contribution is 2.24. The van der Waals surface area contributed by atoms with E-state index in [1.807, 2.05) is 18.7 Å². The lowest BCUT2D eigenvalue weighted by Crippen LogP contribution is -2.42. The van der Waals surface area contributed by atoms with E-state index >= 15 is 0 Å². The number of anilines is 1. The molecular weight excluding hydrogens is 483 g/mol. The highest BCUT2D eigenvalue weighted by molar-refractivity contribution is 7.13. The molecule has 1 aromatic heterocycles. The molecule has 1 N–H and O–H groups in total. The van der Waals surface area contributed by atoms with Crippen LogP contribution in [0.4, 0.5) is 5.13 Å². The molecule has 1 fully saturated rings. The summed E-state index contributed by atoms with van der Waals surface area (Å²) in [5.41, 5.74) is 0.986. The number of likely N-dealkylation sites (tertiary alicyclic amines) is 1. The molecule has 2 aromatic rings. The third-order valence-corrected chi connectivity index (χ3v) is 7.18. The third-order valence-electron chi connectivity index (χ3n) is 5.63. The number of carbonyl (C=O) groups is 3. The number of aromatic nitrogens is 1. The fourth-order valence-electron chi connectivity index (χ4n) is 3.57. The molecule has 1 aromatic carbocycles. The molecule has 0 saturated carbocycles. The van der Waals surface area contributed by atoms with Gasteiger partial charge in [0.25, 0.3) is 5.91 Å². The summed E-state index contributed by atoms with van der Waals surface area (Å²) in [6.07, 6.45) is 2.27. The number of hydrogen-bond donors (Lipinski definition) is 1. The molecule has 3 amide bonds. The van der Waals surface area contributed by atoms with E-state index in [2.05, 4.69) is 17.2 Å². The number of rotatable bonds is 7. The Bertz CT molecular complexity index is 1020. The molecule has 7 nitrogen and oxygen atoms in total. The van der Waals surface area contributed by atoms with Crippen molar-refractivity contribution in [3.05, 3.63) is 44.9 Å². The minimum absolute atomic E-state index is 0.0586.